The van der Waals surface area contributed by atoms with Crippen LogP contribution < -0.4 is 53.2 Å². The van der Waals surface area contributed by atoms with Gasteiger partial charge in [-0.15, -0.1) is 0 Å². The van der Waals surface area contributed by atoms with Crippen LogP contribution >= 0.6 is 11.8 Å². The molecule has 11 heterocycles. The molecule has 7 unspecified atom stereocenters. The lowest BCUT2D eigenvalue weighted by Crippen LogP contribution is -2.42. The van der Waals surface area contributed by atoms with Crippen LogP contribution in [0, 0.1) is 0 Å². The summed E-state index contributed by atoms with van der Waals surface area (Å²) in [4.78, 5) is 11.1. The lowest BCUT2D eigenvalue weighted by molar-refractivity contribution is -0.172. The van der Waals surface area contributed by atoms with E-state index in [1.807, 2.05) is 18.7 Å². The summed E-state index contributed by atoms with van der Waals surface area (Å²) < 4.78 is 26.3. The summed E-state index contributed by atoms with van der Waals surface area (Å²) in [6.45, 7) is 31.7. The zero-order chi connectivity index (χ0) is 57.0. The Morgan fingerprint density at radius 3 is 1.32 bits per heavy atom. The minimum Gasteiger partial charge on any atom is -0.465 e. The molecule has 12 N–H and O–H groups in total. The Hall–Kier alpha value is -0.820. The van der Waals surface area contributed by atoms with E-state index in [-0.39, 0.29) is 17.8 Å². The number of nitrogens with one attached hydrogen (secondary N) is 10. The molecule has 0 aliphatic carbocycles. The zero-order valence-corrected chi connectivity index (χ0v) is 52.1. The van der Waals surface area contributed by atoms with E-state index >= 15 is 0 Å². The molecule has 79 heavy (non-hydrogen) atoms. The highest BCUT2D eigenvalue weighted by Crippen LogP contribution is 2.28. The van der Waals surface area contributed by atoms with Gasteiger partial charge < -0.3 is 87.1 Å². The van der Waals surface area contributed by atoms with Gasteiger partial charge in [0.15, 0.2) is 5.79 Å². The van der Waals surface area contributed by atoms with Crippen LogP contribution in [-0.4, -0.2) is 220 Å². The van der Waals surface area contributed by atoms with E-state index in [1.165, 1.54) is 154 Å². The van der Waals surface area contributed by atoms with Crippen molar-refractivity contribution in [3.8, 4) is 0 Å². The Balaban J connectivity index is 0.000000302. The maximum atomic E-state index is 11.1. The van der Waals surface area contributed by atoms with Crippen LogP contribution in [0.5, 0.6) is 0 Å². The number of aliphatic hydroxyl groups is 2. The lowest BCUT2D eigenvalue weighted by Gasteiger charge is -2.31. The van der Waals surface area contributed by atoms with E-state index in [9.17, 15) is 4.79 Å². The van der Waals surface area contributed by atoms with Crippen LogP contribution in [0.15, 0.2) is 0 Å². The van der Waals surface area contributed by atoms with E-state index in [1.54, 1.807) is 0 Å². The second kappa shape index (κ2) is 53.9. The van der Waals surface area contributed by atoms with E-state index in [4.69, 9.17) is 33.9 Å². The van der Waals surface area contributed by atoms with Crippen LogP contribution in [0.4, 0.5) is 0 Å². The summed E-state index contributed by atoms with van der Waals surface area (Å²) >= 11 is 2.03. The summed E-state index contributed by atoms with van der Waals surface area (Å²) in [6.07, 6.45) is 28.5. The Labute approximate surface area is 487 Å². The first-order valence-corrected chi connectivity index (χ1v) is 33.6. The third-order valence-corrected chi connectivity index (χ3v) is 16.3. The number of ether oxygens (including phenoxy) is 5. The fourth-order valence-electron chi connectivity index (χ4n) is 10.4. The second-order valence-corrected chi connectivity index (χ2v) is 23.7. The van der Waals surface area contributed by atoms with Gasteiger partial charge in [0.2, 0.25) is 0 Å². The van der Waals surface area contributed by atoms with Crippen molar-refractivity contribution in [1.29, 1.82) is 0 Å². The van der Waals surface area contributed by atoms with Crippen molar-refractivity contribution in [3.05, 3.63) is 0 Å². The van der Waals surface area contributed by atoms with Crippen molar-refractivity contribution in [2.24, 2.45) is 0 Å². The molecular weight excluding hydrogens is 1020 g/mol. The van der Waals surface area contributed by atoms with Gasteiger partial charge in [-0.2, -0.15) is 11.8 Å². The van der Waals surface area contributed by atoms with E-state index in [0.29, 0.717) is 44.1 Å². The number of hydrogen-bond acceptors (Lipinski definition) is 19. The van der Waals surface area contributed by atoms with Crippen LogP contribution in [-0.2, 0) is 28.5 Å². The topological polar surface area (TPSA) is 224 Å². The monoisotopic (exact) mass is 1150 g/mol. The molecule has 11 fully saturated rings. The Bertz CT molecular complexity index is 1180. The number of esters is 1. The van der Waals surface area contributed by atoms with Crippen molar-refractivity contribution in [2.75, 3.05) is 156 Å². The Morgan fingerprint density at radius 1 is 0.519 bits per heavy atom. The maximum absolute atomic E-state index is 11.1. The highest BCUT2D eigenvalue weighted by molar-refractivity contribution is 7.99. The third-order valence-electron chi connectivity index (χ3n) is 15.3. The SMILES string of the molecule is C1CC2(CCN1)OCCO2.C1CCNCC1.C1COCCN1.C1CSCCN1.CC1CCCCN1.CC1CNCC(C)O1.CCC1CCCCN1.CCOC(=O)C1CCCCN1.OCC1CCCCN1.OCCC1CCCCN1. The van der Waals surface area contributed by atoms with Crippen molar-refractivity contribution in [2.45, 2.75) is 224 Å². The number of piperidine rings is 7. The van der Waals surface area contributed by atoms with Gasteiger partial charge >= 0.3 is 5.97 Å². The van der Waals surface area contributed by atoms with Gasteiger partial charge in [0.05, 0.1) is 51.8 Å². The molecule has 0 amide bonds. The molecule has 18 nitrogen and oxygen atoms in total. The van der Waals surface area contributed by atoms with E-state index in [0.717, 1.165) is 136 Å². The molecule has 11 rings (SSSR count). The molecule has 7 atom stereocenters. The second-order valence-electron chi connectivity index (χ2n) is 22.5. The lowest BCUT2D eigenvalue weighted by atomic mass is 10.0. The van der Waals surface area contributed by atoms with Crippen molar-refractivity contribution >= 4 is 17.7 Å². The highest BCUT2D eigenvalue weighted by Gasteiger charge is 2.37. The zero-order valence-electron chi connectivity index (χ0n) is 51.3. The summed E-state index contributed by atoms with van der Waals surface area (Å²) in [5, 5.41) is 50.0. The average Bonchev–Trinajstić information content (AvgIpc) is 3.98. The largest absolute Gasteiger partial charge is 0.465 e. The molecule has 0 saturated carbocycles. The first kappa shape index (κ1) is 74.3. The Kier molecular flexibility index (Phi) is 50.7. The maximum Gasteiger partial charge on any atom is 0.323 e. The first-order valence-electron chi connectivity index (χ1n) is 32.4. The smallest absolute Gasteiger partial charge is 0.323 e. The quantitative estimate of drug-likeness (QED) is 0.154. The number of thioether (sulfide) groups is 1. The molecular formula is C60H126N10O8S. The standard InChI is InChI=1S/C8H15NO2.C7H13NO2.C7H15NO.C7H15N.2C6H13NO.C6H13N.C5H11N.C4H9NO.C4H9NS/c1-2-11-8(10)7-5-3-4-6-9-7;1-3-8-4-2-7(1)9-5-6-10-7;9-6-4-7-3-1-2-5-8-7;1-2-7-5-3-4-6-8-7;1-5-3-7-4-6(2)8-5;8-5-6-3-1-2-4-7-6;1-6-4-2-3-5-7-6;1-2-4-6-5-3-1;2*1-3-6-4-2-5-1/h7,9H,2-6H2,1H3;8H,1-6H2;7-9H,1-6H2;7-8H,2-6H2,1H3;5-7H,3-4H2,1-2H3;6-8H,1-5H2;6-7H,2-5H2,1H3;6H,1-5H2;2*5H,1-4H2. The minimum atomic E-state index is -0.189. The van der Waals surface area contributed by atoms with Gasteiger partial charge in [-0.1, -0.05) is 45.4 Å². The molecule has 0 aromatic carbocycles. The molecule has 11 saturated heterocycles. The number of morpholine rings is 2. The molecule has 470 valence electrons. The number of hydrogen-bond donors (Lipinski definition) is 12. The summed E-state index contributed by atoms with van der Waals surface area (Å²) in [5.74, 6) is 2.33. The summed E-state index contributed by atoms with van der Waals surface area (Å²) in [6, 6.07) is 2.58. The van der Waals surface area contributed by atoms with Crippen molar-refractivity contribution in [1.82, 2.24) is 53.2 Å². The van der Waals surface area contributed by atoms with Gasteiger partial charge in [-0.3, -0.25) is 4.79 Å². The number of rotatable bonds is 6. The van der Waals surface area contributed by atoms with Gasteiger partial charge in [0, 0.05) is 107 Å². The molecule has 0 aromatic rings. The van der Waals surface area contributed by atoms with Crippen LogP contribution in [0.2, 0.25) is 0 Å². The number of carbonyl (C=O) groups excluding carboxylic acids is 1. The summed E-state index contributed by atoms with van der Waals surface area (Å²) in [5.41, 5.74) is 0. The van der Waals surface area contributed by atoms with E-state index in [2.05, 4.69) is 80.9 Å². The molecule has 19 heteroatoms. The van der Waals surface area contributed by atoms with Crippen LogP contribution in [0.1, 0.15) is 176 Å². The molecule has 11 aliphatic heterocycles. The average molecular weight is 1150 g/mol. The van der Waals surface area contributed by atoms with Crippen LogP contribution in [0.25, 0.3) is 0 Å². The molecule has 1 spiro atoms. The number of carbonyl (C=O) groups is 1. The predicted molar refractivity (Wildman–Crippen MR) is 330 cm³/mol. The van der Waals surface area contributed by atoms with E-state index < -0.39 is 0 Å². The molecule has 0 aromatic heterocycles. The van der Waals surface area contributed by atoms with Gasteiger partial charge in [-0.25, -0.2) is 0 Å². The summed E-state index contributed by atoms with van der Waals surface area (Å²) in [7, 11) is 0. The van der Waals surface area contributed by atoms with Gasteiger partial charge in [0.1, 0.15) is 6.04 Å². The van der Waals surface area contributed by atoms with Gasteiger partial charge in [-0.05, 0) is 163 Å². The molecule has 0 bridgehead atoms. The first-order chi connectivity index (χ1) is 38.7. The van der Waals surface area contributed by atoms with Crippen molar-refractivity contribution in [3.63, 3.8) is 0 Å². The van der Waals surface area contributed by atoms with Crippen LogP contribution in [0.3, 0.4) is 0 Å². The normalized spacial score (nSPS) is 29.2. The Morgan fingerprint density at radius 2 is 1.01 bits per heavy atom. The fourth-order valence-corrected chi connectivity index (χ4v) is 11.2. The fraction of sp³-hybridized carbons (Fsp3) is 0.983. The van der Waals surface area contributed by atoms with Crippen molar-refractivity contribution < 1.29 is 38.7 Å². The third kappa shape index (κ3) is 43.5. The minimum absolute atomic E-state index is 0.0382. The number of aliphatic hydroxyl groups excluding tert-OH is 2. The predicted octanol–water partition coefficient (Wildman–Crippen LogP) is 5.20. The molecule has 11 aliphatic rings. The highest BCUT2D eigenvalue weighted by atomic mass is 32.2. The molecule has 0 radical (unpaired) electrons. The van der Waals surface area contributed by atoms with Gasteiger partial charge in [0.25, 0.3) is 0 Å².